The number of rotatable bonds is 3. The van der Waals surface area contributed by atoms with E-state index in [1.165, 1.54) is 20.4 Å². The van der Waals surface area contributed by atoms with Crippen molar-refractivity contribution >= 4 is 22.6 Å². The molecule has 96 valence electrons. The molecular weight excluding hydrogens is 335 g/mol. The first-order valence-corrected chi connectivity index (χ1v) is 7.40. The van der Waals surface area contributed by atoms with Gasteiger partial charge in [0.15, 0.2) is 0 Å². The van der Waals surface area contributed by atoms with Gasteiger partial charge in [0.2, 0.25) is 0 Å². The SMILES string of the molecule is CC(C)c1cc(I)cc(C(C)C)c1-n1ccnc1. The summed E-state index contributed by atoms with van der Waals surface area (Å²) in [4.78, 5) is 4.18. The molecule has 1 heterocycles. The summed E-state index contributed by atoms with van der Waals surface area (Å²) in [6.45, 7) is 8.98. The van der Waals surface area contributed by atoms with Gasteiger partial charge < -0.3 is 4.57 Å². The van der Waals surface area contributed by atoms with Gasteiger partial charge in [-0.2, -0.15) is 0 Å². The Morgan fingerprint density at radius 2 is 1.61 bits per heavy atom. The molecule has 1 aromatic heterocycles. The summed E-state index contributed by atoms with van der Waals surface area (Å²) in [5, 5.41) is 0. The van der Waals surface area contributed by atoms with E-state index in [9.17, 15) is 0 Å². The van der Waals surface area contributed by atoms with Gasteiger partial charge in [-0.1, -0.05) is 27.7 Å². The number of hydrogen-bond acceptors (Lipinski definition) is 1. The molecular formula is C15H19IN2. The average Bonchev–Trinajstić information content (AvgIpc) is 2.80. The molecule has 1 aromatic carbocycles. The van der Waals surface area contributed by atoms with Gasteiger partial charge in [0, 0.05) is 16.0 Å². The standard InChI is InChI=1S/C15H19IN2/c1-10(2)13-7-12(16)8-14(11(3)4)15(13)18-6-5-17-9-18/h5-11H,1-4H3. The first kappa shape index (κ1) is 13.6. The van der Waals surface area contributed by atoms with E-state index in [1.807, 2.05) is 18.7 Å². The molecule has 18 heavy (non-hydrogen) atoms. The first-order chi connectivity index (χ1) is 8.50. The van der Waals surface area contributed by atoms with Crippen LogP contribution in [-0.2, 0) is 0 Å². The van der Waals surface area contributed by atoms with Crippen molar-refractivity contribution < 1.29 is 0 Å². The van der Waals surface area contributed by atoms with Crippen LogP contribution in [0, 0.1) is 3.57 Å². The molecule has 0 N–H and O–H groups in total. The van der Waals surface area contributed by atoms with Crippen molar-refractivity contribution in [2.45, 2.75) is 39.5 Å². The Morgan fingerprint density at radius 3 is 2.00 bits per heavy atom. The molecule has 0 radical (unpaired) electrons. The quantitative estimate of drug-likeness (QED) is 0.729. The molecule has 0 aliphatic carbocycles. The Kier molecular flexibility index (Phi) is 4.10. The first-order valence-electron chi connectivity index (χ1n) is 6.32. The molecule has 3 heteroatoms. The third-order valence-corrected chi connectivity index (χ3v) is 3.76. The zero-order valence-electron chi connectivity index (χ0n) is 11.3. The third kappa shape index (κ3) is 2.60. The van der Waals surface area contributed by atoms with E-state index >= 15 is 0 Å². The van der Waals surface area contributed by atoms with Gasteiger partial charge in [-0.05, 0) is 57.7 Å². The number of aromatic nitrogens is 2. The van der Waals surface area contributed by atoms with Gasteiger partial charge in [0.1, 0.15) is 0 Å². The average molecular weight is 354 g/mol. The highest BCUT2D eigenvalue weighted by Crippen LogP contribution is 2.32. The molecule has 2 nitrogen and oxygen atoms in total. The van der Waals surface area contributed by atoms with Crippen LogP contribution in [0.3, 0.4) is 0 Å². The summed E-state index contributed by atoms with van der Waals surface area (Å²) in [6, 6.07) is 4.57. The number of imidazole rings is 1. The van der Waals surface area contributed by atoms with Gasteiger partial charge in [0.25, 0.3) is 0 Å². The van der Waals surface area contributed by atoms with Crippen LogP contribution in [0.15, 0.2) is 30.9 Å². The van der Waals surface area contributed by atoms with E-state index in [2.05, 4.69) is 72.0 Å². The highest BCUT2D eigenvalue weighted by atomic mass is 127. The molecule has 0 fully saturated rings. The minimum Gasteiger partial charge on any atom is -0.306 e. The van der Waals surface area contributed by atoms with E-state index in [-0.39, 0.29) is 0 Å². The summed E-state index contributed by atoms with van der Waals surface area (Å²) in [5.41, 5.74) is 4.09. The molecule has 0 unspecified atom stereocenters. The van der Waals surface area contributed by atoms with Crippen molar-refractivity contribution in [3.8, 4) is 5.69 Å². The lowest BCUT2D eigenvalue weighted by Crippen LogP contribution is -2.06. The smallest absolute Gasteiger partial charge is 0.0991 e. The Labute approximate surface area is 123 Å². The number of benzene rings is 1. The van der Waals surface area contributed by atoms with Gasteiger partial charge in [-0.25, -0.2) is 4.98 Å². The van der Waals surface area contributed by atoms with E-state index in [0.29, 0.717) is 11.8 Å². The summed E-state index contributed by atoms with van der Waals surface area (Å²) >= 11 is 2.41. The summed E-state index contributed by atoms with van der Waals surface area (Å²) in [7, 11) is 0. The second-order valence-corrected chi connectivity index (χ2v) is 6.46. The normalized spacial score (nSPS) is 11.5. The van der Waals surface area contributed by atoms with Crippen LogP contribution in [0.1, 0.15) is 50.7 Å². The fourth-order valence-electron chi connectivity index (χ4n) is 2.21. The Bertz CT molecular complexity index is 498. The lowest BCUT2D eigenvalue weighted by Gasteiger charge is -2.20. The summed E-state index contributed by atoms with van der Waals surface area (Å²) < 4.78 is 3.45. The monoisotopic (exact) mass is 354 g/mol. The van der Waals surface area contributed by atoms with Crippen molar-refractivity contribution in [3.05, 3.63) is 45.6 Å². The molecule has 0 atom stereocenters. The molecule has 0 aliphatic heterocycles. The van der Waals surface area contributed by atoms with Crippen LogP contribution in [-0.4, -0.2) is 9.55 Å². The molecule has 0 amide bonds. The van der Waals surface area contributed by atoms with Crippen molar-refractivity contribution in [2.75, 3.05) is 0 Å². The van der Waals surface area contributed by atoms with E-state index < -0.39 is 0 Å². The zero-order chi connectivity index (χ0) is 13.3. The predicted molar refractivity (Wildman–Crippen MR) is 84.5 cm³/mol. The van der Waals surface area contributed by atoms with Crippen LogP contribution >= 0.6 is 22.6 Å². The number of hydrogen-bond donors (Lipinski definition) is 0. The van der Waals surface area contributed by atoms with Gasteiger partial charge in [-0.15, -0.1) is 0 Å². The number of nitrogens with zero attached hydrogens (tertiary/aromatic N) is 2. The fourth-order valence-corrected chi connectivity index (χ4v) is 2.88. The summed E-state index contributed by atoms with van der Waals surface area (Å²) in [5.74, 6) is 1.02. The van der Waals surface area contributed by atoms with E-state index in [1.54, 1.807) is 0 Å². The van der Waals surface area contributed by atoms with E-state index in [0.717, 1.165) is 0 Å². The topological polar surface area (TPSA) is 17.8 Å². The highest BCUT2D eigenvalue weighted by molar-refractivity contribution is 14.1. The van der Waals surface area contributed by atoms with E-state index in [4.69, 9.17) is 0 Å². The van der Waals surface area contributed by atoms with Crippen LogP contribution in [0.5, 0.6) is 0 Å². The Hall–Kier alpha value is -0.840. The summed E-state index contributed by atoms with van der Waals surface area (Å²) in [6.07, 6.45) is 5.76. The maximum atomic E-state index is 4.18. The second-order valence-electron chi connectivity index (χ2n) is 5.21. The highest BCUT2D eigenvalue weighted by Gasteiger charge is 2.16. The van der Waals surface area contributed by atoms with Crippen molar-refractivity contribution in [3.63, 3.8) is 0 Å². The fraction of sp³-hybridized carbons (Fsp3) is 0.400. The maximum Gasteiger partial charge on any atom is 0.0991 e. The van der Waals surface area contributed by atoms with Gasteiger partial charge in [0.05, 0.1) is 12.0 Å². The molecule has 2 rings (SSSR count). The van der Waals surface area contributed by atoms with Crippen molar-refractivity contribution in [2.24, 2.45) is 0 Å². The molecule has 0 bridgehead atoms. The zero-order valence-corrected chi connectivity index (χ0v) is 13.5. The largest absolute Gasteiger partial charge is 0.306 e. The molecule has 0 saturated carbocycles. The minimum atomic E-state index is 0.509. The minimum absolute atomic E-state index is 0.509. The van der Waals surface area contributed by atoms with Crippen molar-refractivity contribution in [1.82, 2.24) is 9.55 Å². The molecule has 2 aromatic rings. The van der Waals surface area contributed by atoms with Gasteiger partial charge >= 0.3 is 0 Å². The molecule has 0 spiro atoms. The Balaban J connectivity index is 2.73. The van der Waals surface area contributed by atoms with Crippen LogP contribution in [0.4, 0.5) is 0 Å². The predicted octanol–water partition coefficient (Wildman–Crippen LogP) is 4.72. The van der Waals surface area contributed by atoms with Crippen LogP contribution < -0.4 is 0 Å². The lowest BCUT2D eigenvalue weighted by atomic mass is 9.92. The lowest BCUT2D eigenvalue weighted by molar-refractivity contribution is 0.803. The van der Waals surface area contributed by atoms with Crippen molar-refractivity contribution in [1.29, 1.82) is 0 Å². The second kappa shape index (κ2) is 5.43. The van der Waals surface area contributed by atoms with Crippen LogP contribution in [0.25, 0.3) is 5.69 Å². The molecule has 0 aliphatic rings. The van der Waals surface area contributed by atoms with Crippen LogP contribution in [0.2, 0.25) is 0 Å². The number of halogens is 1. The van der Waals surface area contributed by atoms with Gasteiger partial charge in [-0.3, -0.25) is 0 Å². The maximum absolute atomic E-state index is 4.18. The Morgan fingerprint density at radius 1 is 1.06 bits per heavy atom. The third-order valence-electron chi connectivity index (χ3n) is 3.14. The molecule has 0 saturated heterocycles.